The molecule has 2 atom stereocenters. The van der Waals surface area contributed by atoms with Gasteiger partial charge in [0.05, 0.1) is 12.7 Å². The van der Waals surface area contributed by atoms with Crippen molar-refractivity contribution in [2.45, 2.75) is 26.8 Å². The number of hydrogen-bond donors (Lipinski definition) is 0. The van der Waals surface area contributed by atoms with Crippen molar-refractivity contribution in [3.8, 4) is 0 Å². The SMILES string of the molecule is COC(=O)c1ccc(CN2C[C@@H](C)C[C@H](C)C2)cc1. The van der Waals surface area contributed by atoms with Gasteiger partial charge in [0.2, 0.25) is 0 Å². The van der Waals surface area contributed by atoms with Crippen molar-refractivity contribution < 1.29 is 9.53 Å². The maximum Gasteiger partial charge on any atom is 0.337 e. The first-order valence-corrected chi connectivity index (χ1v) is 6.98. The molecule has 104 valence electrons. The third-order valence-electron chi connectivity index (χ3n) is 3.73. The Labute approximate surface area is 115 Å². The number of benzene rings is 1. The first-order valence-electron chi connectivity index (χ1n) is 6.98. The van der Waals surface area contributed by atoms with Crippen molar-refractivity contribution >= 4 is 5.97 Å². The highest BCUT2D eigenvalue weighted by Gasteiger charge is 2.21. The molecular weight excluding hydrogens is 238 g/mol. The van der Waals surface area contributed by atoms with Crippen LogP contribution in [-0.2, 0) is 11.3 Å². The number of rotatable bonds is 3. The van der Waals surface area contributed by atoms with E-state index >= 15 is 0 Å². The maximum absolute atomic E-state index is 11.4. The van der Waals surface area contributed by atoms with E-state index < -0.39 is 0 Å². The fraction of sp³-hybridized carbons (Fsp3) is 0.562. The normalized spacial score (nSPS) is 24.2. The van der Waals surface area contributed by atoms with Crippen molar-refractivity contribution in [1.29, 1.82) is 0 Å². The quantitative estimate of drug-likeness (QED) is 0.783. The minimum Gasteiger partial charge on any atom is -0.465 e. The Bertz CT molecular complexity index is 417. The van der Waals surface area contributed by atoms with Crippen molar-refractivity contribution in [2.75, 3.05) is 20.2 Å². The summed E-state index contributed by atoms with van der Waals surface area (Å²) in [7, 11) is 1.41. The van der Waals surface area contributed by atoms with Gasteiger partial charge in [-0.2, -0.15) is 0 Å². The molecule has 0 spiro atoms. The lowest BCUT2D eigenvalue weighted by molar-refractivity contribution is 0.0600. The Morgan fingerprint density at radius 3 is 2.32 bits per heavy atom. The molecule has 0 saturated carbocycles. The number of carbonyl (C=O) groups is 1. The van der Waals surface area contributed by atoms with Crippen LogP contribution in [0.5, 0.6) is 0 Å². The molecule has 3 nitrogen and oxygen atoms in total. The van der Waals surface area contributed by atoms with Crippen LogP contribution in [-0.4, -0.2) is 31.1 Å². The number of hydrogen-bond acceptors (Lipinski definition) is 3. The molecule has 1 heterocycles. The molecule has 0 unspecified atom stereocenters. The van der Waals surface area contributed by atoms with Crippen LogP contribution < -0.4 is 0 Å². The van der Waals surface area contributed by atoms with Crippen LogP contribution >= 0.6 is 0 Å². The molecule has 1 aliphatic heterocycles. The summed E-state index contributed by atoms with van der Waals surface area (Å²) in [4.78, 5) is 13.9. The topological polar surface area (TPSA) is 29.5 Å². The van der Waals surface area contributed by atoms with E-state index in [9.17, 15) is 4.79 Å². The molecule has 0 aromatic heterocycles. The molecule has 0 amide bonds. The zero-order valence-corrected chi connectivity index (χ0v) is 12.1. The van der Waals surface area contributed by atoms with Gasteiger partial charge in [-0.15, -0.1) is 0 Å². The van der Waals surface area contributed by atoms with Gasteiger partial charge < -0.3 is 4.74 Å². The Kier molecular flexibility index (Phi) is 4.59. The Morgan fingerprint density at radius 2 is 1.79 bits per heavy atom. The lowest BCUT2D eigenvalue weighted by Gasteiger charge is -2.35. The van der Waals surface area contributed by atoms with E-state index in [1.165, 1.54) is 32.2 Å². The molecule has 1 saturated heterocycles. The van der Waals surface area contributed by atoms with E-state index in [-0.39, 0.29) is 5.97 Å². The number of piperidine rings is 1. The summed E-state index contributed by atoms with van der Waals surface area (Å²) in [5, 5.41) is 0. The van der Waals surface area contributed by atoms with Gasteiger partial charge >= 0.3 is 5.97 Å². The summed E-state index contributed by atoms with van der Waals surface area (Å²) >= 11 is 0. The van der Waals surface area contributed by atoms with Crippen molar-refractivity contribution in [1.82, 2.24) is 4.90 Å². The van der Waals surface area contributed by atoms with E-state index in [0.29, 0.717) is 5.56 Å². The largest absolute Gasteiger partial charge is 0.465 e. The van der Waals surface area contributed by atoms with Crippen LogP contribution in [0.1, 0.15) is 36.2 Å². The van der Waals surface area contributed by atoms with Crippen LogP contribution in [0.15, 0.2) is 24.3 Å². The fourth-order valence-electron chi connectivity index (χ4n) is 3.04. The minimum absolute atomic E-state index is 0.272. The molecule has 0 N–H and O–H groups in total. The summed E-state index contributed by atoms with van der Waals surface area (Å²) in [6.45, 7) is 7.95. The number of likely N-dealkylation sites (tertiary alicyclic amines) is 1. The average molecular weight is 261 g/mol. The summed E-state index contributed by atoms with van der Waals surface area (Å²) in [5.74, 6) is 1.28. The predicted octanol–water partition coefficient (Wildman–Crippen LogP) is 2.95. The average Bonchev–Trinajstić information content (AvgIpc) is 2.37. The number of methoxy groups -OCH3 is 1. The summed E-state index contributed by atoms with van der Waals surface area (Å²) < 4.78 is 4.70. The zero-order valence-electron chi connectivity index (χ0n) is 12.1. The molecule has 0 radical (unpaired) electrons. The summed E-state index contributed by atoms with van der Waals surface area (Å²) in [6.07, 6.45) is 1.33. The first kappa shape index (κ1) is 14.1. The molecule has 0 bridgehead atoms. The smallest absolute Gasteiger partial charge is 0.337 e. The van der Waals surface area contributed by atoms with Crippen LogP contribution in [0.3, 0.4) is 0 Å². The molecule has 19 heavy (non-hydrogen) atoms. The maximum atomic E-state index is 11.4. The van der Waals surface area contributed by atoms with E-state index in [0.717, 1.165) is 18.4 Å². The fourth-order valence-corrected chi connectivity index (χ4v) is 3.04. The Morgan fingerprint density at radius 1 is 1.21 bits per heavy atom. The first-order chi connectivity index (χ1) is 9.08. The van der Waals surface area contributed by atoms with Crippen molar-refractivity contribution in [2.24, 2.45) is 11.8 Å². The Hall–Kier alpha value is -1.35. The molecule has 0 aliphatic carbocycles. The second-order valence-corrected chi connectivity index (χ2v) is 5.83. The van der Waals surface area contributed by atoms with Crippen LogP contribution in [0.2, 0.25) is 0 Å². The van der Waals surface area contributed by atoms with E-state index in [2.05, 4.69) is 18.7 Å². The second-order valence-electron chi connectivity index (χ2n) is 5.83. The highest BCUT2D eigenvalue weighted by atomic mass is 16.5. The highest BCUT2D eigenvalue weighted by molar-refractivity contribution is 5.89. The molecule has 3 heteroatoms. The second kappa shape index (κ2) is 6.20. The standard InChI is InChI=1S/C16H23NO2/c1-12-8-13(2)10-17(9-12)11-14-4-6-15(7-5-14)16(18)19-3/h4-7,12-13H,8-11H2,1-3H3/t12-,13-/m0/s1. The lowest BCUT2D eigenvalue weighted by atomic mass is 9.91. The number of esters is 1. The van der Waals surface area contributed by atoms with Crippen LogP contribution in [0.4, 0.5) is 0 Å². The number of carbonyl (C=O) groups excluding carboxylic acids is 1. The van der Waals surface area contributed by atoms with E-state index in [1.807, 2.05) is 24.3 Å². The van der Waals surface area contributed by atoms with Gasteiger partial charge in [0, 0.05) is 19.6 Å². The van der Waals surface area contributed by atoms with Gasteiger partial charge in [0.25, 0.3) is 0 Å². The van der Waals surface area contributed by atoms with Gasteiger partial charge in [-0.25, -0.2) is 4.79 Å². The van der Waals surface area contributed by atoms with Gasteiger partial charge in [-0.1, -0.05) is 26.0 Å². The third kappa shape index (κ3) is 3.80. The number of nitrogens with zero attached hydrogens (tertiary/aromatic N) is 1. The van der Waals surface area contributed by atoms with E-state index in [4.69, 9.17) is 4.74 Å². The highest BCUT2D eigenvalue weighted by Crippen LogP contribution is 2.22. The summed E-state index contributed by atoms with van der Waals surface area (Å²) in [6, 6.07) is 7.74. The van der Waals surface area contributed by atoms with Gasteiger partial charge in [-0.3, -0.25) is 4.90 Å². The van der Waals surface area contributed by atoms with E-state index in [1.54, 1.807) is 0 Å². The van der Waals surface area contributed by atoms with Crippen molar-refractivity contribution in [3.63, 3.8) is 0 Å². The van der Waals surface area contributed by atoms with Crippen molar-refractivity contribution in [3.05, 3.63) is 35.4 Å². The van der Waals surface area contributed by atoms with Crippen LogP contribution in [0.25, 0.3) is 0 Å². The summed E-state index contributed by atoms with van der Waals surface area (Å²) in [5.41, 5.74) is 1.88. The number of ether oxygens (including phenoxy) is 1. The van der Waals surface area contributed by atoms with Gasteiger partial charge in [0.15, 0.2) is 0 Å². The minimum atomic E-state index is -0.272. The monoisotopic (exact) mass is 261 g/mol. The Balaban J connectivity index is 1.97. The van der Waals surface area contributed by atoms with Gasteiger partial charge in [0.1, 0.15) is 0 Å². The molecule has 1 aromatic rings. The molecule has 1 aromatic carbocycles. The third-order valence-corrected chi connectivity index (χ3v) is 3.73. The van der Waals surface area contributed by atoms with Gasteiger partial charge in [-0.05, 0) is 36.0 Å². The van der Waals surface area contributed by atoms with Crippen LogP contribution in [0, 0.1) is 11.8 Å². The zero-order chi connectivity index (χ0) is 13.8. The molecular formula is C16H23NO2. The lowest BCUT2D eigenvalue weighted by Crippen LogP contribution is -2.38. The molecule has 1 aliphatic rings. The predicted molar refractivity (Wildman–Crippen MR) is 76.0 cm³/mol. The molecule has 2 rings (SSSR count). The molecule has 1 fully saturated rings.